The Labute approximate surface area is 151 Å². The summed E-state index contributed by atoms with van der Waals surface area (Å²) in [6, 6.07) is 4.82. The predicted octanol–water partition coefficient (Wildman–Crippen LogP) is 5.88. The molecule has 138 valence electrons. The highest BCUT2D eigenvalue weighted by molar-refractivity contribution is 5.35. The number of hydrogen-bond acceptors (Lipinski definition) is 2. The van der Waals surface area contributed by atoms with Gasteiger partial charge < -0.3 is 9.47 Å². The van der Waals surface area contributed by atoms with Gasteiger partial charge in [-0.25, -0.2) is 4.39 Å². The van der Waals surface area contributed by atoms with Crippen LogP contribution in [0.5, 0.6) is 5.75 Å². The van der Waals surface area contributed by atoms with E-state index in [0.717, 1.165) is 36.8 Å². The summed E-state index contributed by atoms with van der Waals surface area (Å²) < 4.78 is 25.3. The van der Waals surface area contributed by atoms with Gasteiger partial charge in [0.25, 0.3) is 0 Å². The highest BCUT2D eigenvalue weighted by Crippen LogP contribution is 2.40. The molecule has 0 radical (unpaired) electrons. The van der Waals surface area contributed by atoms with Crippen molar-refractivity contribution >= 4 is 0 Å². The van der Waals surface area contributed by atoms with Gasteiger partial charge in [0.2, 0.25) is 0 Å². The molecule has 1 unspecified atom stereocenters. The van der Waals surface area contributed by atoms with Gasteiger partial charge in [0.15, 0.2) is 6.29 Å². The fourth-order valence-electron chi connectivity index (χ4n) is 5.11. The van der Waals surface area contributed by atoms with Crippen LogP contribution in [0.1, 0.15) is 69.8 Å². The lowest BCUT2D eigenvalue weighted by Gasteiger charge is -2.36. The molecule has 0 saturated heterocycles. The third kappa shape index (κ3) is 4.36. The zero-order valence-electron chi connectivity index (χ0n) is 15.2. The fraction of sp³-hybridized carbons (Fsp3) is 0.727. The number of ether oxygens (including phenoxy) is 2. The summed E-state index contributed by atoms with van der Waals surface area (Å²) in [5.41, 5.74) is 1.09. The van der Waals surface area contributed by atoms with E-state index in [-0.39, 0.29) is 12.1 Å². The van der Waals surface area contributed by atoms with Crippen LogP contribution in [0.25, 0.3) is 0 Å². The van der Waals surface area contributed by atoms with Gasteiger partial charge in [0, 0.05) is 12.5 Å². The molecule has 1 aromatic carbocycles. The summed E-state index contributed by atoms with van der Waals surface area (Å²) in [5, 5.41) is 0. The van der Waals surface area contributed by atoms with Gasteiger partial charge >= 0.3 is 0 Å². The van der Waals surface area contributed by atoms with Gasteiger partial charge in [-0.3, -0.25) is 0 Å². The van der Waals surface area contributed by atoms with Crippen LogP contribution in [-0.2, 0) is 11.2 Å². The second-order valence-corrected chi connectivity index (χ2v) is 8.35. The van der Waals surface area contributed by atoms with E-state index in [2.05, 4.69) is 0 Å². The summed E-state index contributed by atoms with van der Waals surface area (Å²) in [4.78, 5) is 0. The smallest absolute Gasteiger partial charge is 0.200 e. The molecular formula is C22H31FO2. The van der Waals surface area contributed by atoms with E-state index in [1.54, 1.807) is 0 Å². The zero-order chi connectivity index (χ0) is 17.1. The maximum Gasteiger partial charge on any atom is 0.200 e. The van der Waals surface area contributed by atoms with E-state index in [4.69, 9.17) is 9.47 Å². The Morgan fingerprint density at radius 2 is 1.68 bits per heavy atom. The minimum atomic E-state index is -0.236. The molecule has 1 aromatic rings. The molecule has 2 saturated carbocycles. The molecule has 3 aliphatic rings. The Bertz CT molecular complexity index is 559. The van der Waals surface area contributed by atoms with E-state index in [1.165, 1.54) is 69.9 Å². The Kier molecular flexibility index (Phi) is 5.60. The molecule has 0 aromatic heterocycles. The van der Waals surface area contributed by atoms with Crippen LogP contribution in [0.2, 0.25) is 0 Å². The minimum absolute atomic E-state index is 0.203. The first-order valence-electron chi connectivity index (χ1n) is 10.3. The molecule has 1 atom stereocenters. The van der Waals surface area contributed by atoms with Crippen molar-refractivity contribution in [2.75, 3.05) is 6.61 Å². The highest BCUT2D eigenvalue weighted by Gasteiger charge is 2.29. The number of rotatable bonds is 4. The van der Waals surface area contributed by atoms with Crippen molar-refractivity contribution in [3.05, 3.63) is 29.6 Å². The maximum absolute atomic E-state index is 13.4. The largest absolute Gasteiger partial charge is 0.465 e. The first-order valence-corrected chi connectivity index (χ1v) is 10.3. The Hall–Kier alpha value is -1.09. The van der Waals surface area contributed by atoms with Gasteiger partial charge in [-0.2, -0.15) is 0 Å². The molecule has 2 nitrogen and oxygen atoms in total. The zero-order valence-corrected chi connectivity index (χ0v) is 15.2. The maximum atomic E-state index is 13.4. The Morgan fingerprint density at radius 1 is 0.920 bits per heavy atom. The number of halogens is 1. The molecule has 1 aliphatic heterocycles. The third-order valence-electron chi connectivity index (χ3n) is 6.66. The number of benzene rings is 1. The molecular weight excluding hydrogens is 315 g/mol. The molecule has 0 amide bonds. The molecule has 25 heavy (non-hydrogen) atoms. The summed E-state index contributed by atoms with van der Waals surface area (Å²) in [5.74, 6) is 3.08. The molecule has 2 aliphatic carbocycles. The lowest BCUT2D eigenvalue weighted by atomic mass is 9.71. The van der Waals surface area contributed by atoms with Crippen LogP contribution in [-0.4, -0.2) is 12.9 Å². The second-order valence-electron chi connectivity index (χ2n) is 8.35. The van der Waals surface area contributed by atoms with Crippen LogP contribution in [0.3, 0.4) is 0 Å². The van der Waals surface area contributed by atoms with Crippen molar-refractivity contribution in [3.8, 4) is 5.75 Å². The van der Waals surface area contributed by atoms with Crippen LogP contribution in [0.4, 0.5) is 4.39 Å². The Morgan fingerprint density at radius 3 is 2.48 bits per heavy atom. The van der Waals surface area contributed by atoms with E-state index >= 15 is 0 Å². The van der Waals surface area contributed by atoms with Crippen LogP contribution < -0.4 is 4.74 Å². The molecule has 4 rings (SSSR count). The molecule has 3 heteroatoms. The van der Waals surface area contributed by atoms with Gasteiger partial charge in [0.05, 0.1) is 6.61 Å². The number of aryl methyl sites for hydroxylation is 1. The minimum Gasteiger partial charge on any atom is -0.465 e. The third-order valence-corrected chi connectivity index (χ3v) is 6.66. The van der Waals surface area contributed by atoms with E-state index < -0.39 is 0 Å². The van der Waals surface area contributed by atoms with Crippen LogP contribution in [0, 0.1) is 23.6 Å². The normalized spacial score (nSPS) is 30.5. The second kappa shape index (κ2) is 8.07. The van der Waals surface area contributed by atoms with Gasteiger partial charge in [-0.15, -0.1) is 0 Å². The van der Waals surface area contributed by atoms with Crippen molar-refractivity contribution in [2.45, 2.75) is 76.9 Å². The number of hydrogen-bond donors (Lipinski definition) is 0. The van der Waals surface area contributed by atoms with Crippen molar-refractivity contribution in [1.29, 1.82) is 0 Å². The van der Waals surface area contributed by atoms with E-state index in [0.29, 0.717) is 11.7 Å². The van der Waals surface area contributed by atoms with Gasteiger partial charge in [-0.05, 0) is 61.5 Å². The summed E-state index contributed by atoms with van der Waals surface area (Å²) >= 11 is 0. The average molecular weight is 346 g/mol. The lowest BCUT2D eigenvalue weighted by Crippen LogP contribution is -2.30. The topological polar surface area (TPSA) is 18.5 Å². The van der Waals surface area contributed by atoms with Crippen LogP contribution >= 0.6 is 0 Å². The summed E-state index contributed by atoms with van der Waals surface area (Å²) in [6.07, 6.45) is 14.3. The molecule has 0 N–H and O–H groups in total. The predicted molar refractivity (Wildman–Crippen MR) is 97.1 cm³/mol. The molecule has 0 bridgehead atoms. The Balaban J connectivity index is 1.21. The first kappa shape index (κ1) is 17.3. The standard InChI is InChI=1S/C22H31FO2/c23-20-12-10-19-11-13-22(25-21(19)14-20)24-15-16-6-8-18(9-7-16)17-4-2-1-3-5-17/h10,12,14,16-18,22H,1-9,11,13,15H2. The first-order chi connectivity index (χ1) is 12.3. The summed E-state index contributed by atoms with van der Waals surface area (Å²) in [7, 11) is 0. The molecule has 1 heterocycles. The average Bonchev–Trinajstić information content (AvgIpc) is 2.67. The SMILES string of the molecule is Fc1ccc2c(c1)OC(OCC1CCC(C3CCCCC3)CC1)CC2. The van der Waals surface area contributed by atoms with Crippen molar-refractivity contribution in [2.24, 2.45) is 17.8 Å². The summed E-state index contributed by atoms with van der Waals surface area (Å²) in [6.45, 7) is 0.798. The van der Waals surface area contributed by atoms with Crippen LogP contribution in [0.15, 0.2) is 18.2 Å². The molecule has 2 fully saturated rings. The quantitative estimate of drug-likeness (QED) is 0.678. The monoisotopic (exact) mass is 346 g/mol. The van der Waals surface area contributed by atoms with Gasteiger partial charge in [-0.1, -0.05) is 38.2 Å². The molecule has 0 spiro atoms. The highest BCUT2D eigenvalue weighted by atomic mass is 19.1. The van der Waals surface area contributed by atoms with Crippen molar-refractivity contribution in [1.82, 2.24) is 0 Å². The van der Waals surface area contributed by atoms with Crippen molar-refractivity contribution in [3.63, 3.8) is 0 Å². The fourth-order valence-corrected chi connectivity index (χ4v) is 5.11. The van der Waals surface area contributed by atoms with E-state index in [1.807, 2.05) is 6.07 Å². The lowest BCUT2D eigenvalue weighted by molar-refractivity contribution is -0.106. The van der Waals surface area contributed by atoms with Gasteiger partial charge in [0.1, 0.15) is 11.6 Å². The number of fused-ring (bicyclic) bond motifs is 1. The van der Waals surface area contributed by atoms with Crippen molar-refractivity contribution < 1.29 is 13.9 Å². The van der Waals surface area contributed by atoms with E-state index in [9.17, 15) is 4.39 Å².